The molecule has 1 N–H and O–H groups in total. The van der Waals surface area contributed by atoms with Crippen molar-refractivity contribution in [2.75, 3.05) is 32.8 Å². The van der Waals surface area contributed by atoms with Gasteiger partial charge in [-0.25, -0.2) is 4.79 Å². The summed E-state index contributed by atoms with van der Waals surface area (Å²) in [5, 5.41) is 2.83. The first-order chi connectivity index (χ1) is 8.15. The predicted octanol–water partition coefficient (Wildman–Crippen LogP) is 1.19. The normalized spacial score (nSPS) is 24.9. The summed E-state index contributed by atoms with van der Waals surface area (Å²) >= 11 is 0. The number of likely N-dealkylation sites (tertiary alicyclic amines) is 1. The molecule has 2 heterocycles. The SMILES string of the molecule is CCNC(=O)N1CCC(C2(C)OCCO2)CC1. The van der Waals surface area contributed by atoms with Crippen LogP contribution in [0.4, 0.5) is 4.79 Å². The zero-order valence-corrected chi connectivity index (χ0v) is 10.7. The van der Waals surface area contributed by atoms with Crippen LogP contribution in [0.2, 0.25) is 0 Å². The largest absolute Gasteiger partial charge is 0.348 e. The summed E-state index contributed by atoms with van der Waals surface area (Å²) in [5.74, 6) is -0.0245. The third-order valence-corrected chi connectivity index (χ3v) is 3.71. The second kappa shape index (κ2) is 5.23. The van der Waals surface area contributed by atoms with E-state index in [2.05, 4.69) is 5.32 Å². The average molecular weight is 242 g/mol. The fourth-order valence-electron chi connectivity index (χ4n) is 2.64. The fourth-order valence-corrected chi connectivity index (χ4v) is 2.64. The Labute approximate surface area is 102 Å². The van der Waals surface area contributed by atoms with E-state index in [1.165, 1.54) is 0 Å². The van der Waals surface area contributed by atoms with E-state index < -0.39 is 5.79 Å². The molecule has 5 nitrogen and oxygen atoms in total. The molecule has 0 atom stereocenters. The van der Waals surface area contributed by atoms with Gasteiger partial charge in [0.2, 0.25) is 0 Å². The van der Waals surface area contributed by atoms with Crippen molar-refractivity contribution in [1.29, 1.82) is 0 Å². The van der Waals surface area contributed by atoms with Crippen LogP contribution in [0.3, 0.4) is 0 Å². The van der Waals surface area contributed by atoms with E-state index in [4.69, 9.17) is 9.47 Å². The molecule has 0 bridgehead atoms. The molecule has 98 valence electrons. The molecule has 17 heavy (non-hydrogen) atoms. The highest BCUT2D eigenvalue weighted by atomic mass is 16.7. The molecule has 0 saturated carbocycles. The highest BCUT2D eigenvalue weighted by molar-refractivity contribution is 5.74. The van der Waals surface area contributed by atoms with Crippen LogP contribution >= 0.6 is 0 Å². The molecule has 2 amide bonds. The third kappa shape index (κ3) is 2.72. The number of carbonyl (C=O) groups is 1. The van der Waals surface area contributed by atoms with Crippen LogP contribution in [-0.4, -0.2) is 49.6 Å². The summed E-state index contributed by atoms with van der Waals surface area (Å²) in [7, 11) is 0. The number of urea groups is 1. The Morgan fingerprint density at radius 3 is 2.47 bits per heavy atom. The van der Waals surface area contributed by atoms with E-state index in [1.54, 1.807) is 0 Å². The first kappa shape index (κ1) is 12.6. The molecule has 0 aliphatic carbocycles. The Morgan fingerprint density at radius 1 is 1.35 bits per heavy atom. The maximum Gasteiger partial charge on any atom is 0.317 e. The van der Waals surface area contributed by atoms with Gasteiger partial charge >= 0.3 is 6.03 Å². The number of ether oxygens (including phenoxy) is 2. The molecular weight excluding hydrogens is 220 g/mol. The lowest BCUT2D eigenvalue weighted by atomic mass is 9.89. The number of rotatable bonds is 2. The number of amides is 2. The molecule has 2 aliphatic rings. The molecule has 2 aliphatic heterocycles. The minimum Gasteiger partial charge on any atom is -0.348 e. The van der Waals surface area contributed by atoms with Crippen molar-refractivity contribution in [1.82, 2.24) is 10.2 Å². The molecule has 0 aromatic rings. The van der Waals surface area contributed by atoms with E-state index in [0.717, 1.165) is 25.9 Å². The molecule has 0 unspecified atom stereocenters. The first-order valence-electron chi connectivity index (χ1n) is 6.46. The lowest BCUT2D eigenvalue weighted by Crippen LogP contribution is -2.48. The number of nitrogens with one attached hydrogen (secondary N) is 1. The van der Waals surface area contributed by atoms with Crippen LogP contribution in [0.5, 0.6) is 0 Å². The predicted molar refractivity (Wildman–Crippen MR) is 63.7 cm³/mol. The summed E-state index contributed by atoms with van der Waals surface area (Å²) in [4.78, 5) is 13.5. The van der Waals surface area contributed by atoms with Crippen LogP contribution < -0.4 is 5.32 Å². The standard InChI is InChI=1S/C12H22N2O3/c1-3-13-11(15)14-6-4-10(5-7-14)12(2)16-8-9-17-12/h10H,3-9H2,1-2H3,(H,13,15). The van der Waals surface area contributed by atoms with Gasteiger partial charge in [-0.15, -0.1) is 0 Å². The highest BCUT2D eigenvalue weighted by Crippen LogP contribution is 2.34. The molecule has 0 aromatic carbocycles. The van der Waals surface area contributed by atoms with Gasteiger partial charge in [0.05, 0.1) is 13.2 Å². The van der Waals surface area contributed by atoms with E-state index in [0.29, 0.717) is 25.7 Å². The van der Waals surface area contributed by atoms with Gasteiger partial charge in [-0.3, -0.25) is 0 Å². The van der Waals surface area contributed by atoms with Crippen molar-refractivity contribution in [3.8, 4) is 0 Å². The van der Waals surface area contributed by atoms with Crippen LogP contribution in [0.1, 0.15) is 26.7 Å². The van der Waals surface area contributed by atoms with Gasteiger partial charge < -0.3 is 19.7 Å². The van der Waals surface area contributed by atoms with Crippen molar-refractivity contribution < 1.29 is 14.3 Å². The van der Waals surface area contributed by atoms with Gasteiger partial charge in [-0.2, -0.15) is 0 Å². The number of piperidine rings is 1. The van der Waals surface area contributed by atoms with Crippen LogP contribution in [-0.2, 0) is 9.47 Å². The van der Waals surface area contributed by atoms with Gasteiger partial charge in [-0.1, -0.05) is 0 Å². The summed E-state index contributed by atoms with van der Waals surface area (Å²) in [6, 6.07) is 0.0457. The summed E-state index contributed by atoms with van der Waals surface area (Å²) in [6.07, 6.45) is 1.90. The van der Waals surface area contributed by atoms with Gasteiger partial charge in [-0.05, 0) is 26.7 Å². The Bertz CT molecular complexity index is 269. The van der Waals surface area contributed by atoms with Gasteiger partial charge in [0.1, 0.15) is 0 Å². The van der Waals surface area contributed by atoms with Crippen LogP contribution in [0.15, 0.2) is 0 Å². The Balaban J connectivity index is 1.83. The first-order valence-corrected chi connectivity index (χ1v) is 6.46. The zero-order valence-electron chi connectivity index (χ0n) is 10.7. The van der Waals surface area contributed by atoms with Crippen molar-refractivity contribution in [3.05, 3.63) is 0 Å². The lowest BCUT2D eigenvalue weighted by molar-refractivity contribution is -0.189. The second-order valence-electron chi connectivity index (χ2n) is 4.81. The minimum absolute atomic E-state index is 0.0457. The molecule has 0 aromatic heterocycles. The number of nitrogens with zero attached hydrogens (tertiary/aromatic N) is 1. The summed E-state index contributed by atoms with van der Waals surface area (Å²) < 4.78 is 11.4. The van der Waals surface area contributed by atoms with Crippen molar-refractivity contribution >= 4 is 6.03 Å². The van der Waals surface area contributed by atoms with Gasteiger partial charge in [0, 0.05) is 25.6 Å². The highest BCUT2D eigenvalue weighted by Gasteiger charge is 2.41. The molecule has 2 fully saturated rings. The minimum atomic E-state index is -0.423. The van der Waals surface area contributed by atoms with E-state index in [-0.39, 0.29) is 6.03 Å². The fraction of sp³-hybridized carbons (Fsp3) is 0.917. The van der Waals surface area contributed by atoms with E-state index >= 15 is 0 Å². The molecule has 2 rings (SSSR count). The Morgan fingerprint density at radius 2 is 1.94 bits per heavy atom. The number of hydrogen-bond acceptors (Lipinski definition) is 3. The molecular formula is C12H22N2O3. The van der Waals surface area contributed by atoms with Crippen molar-refractivity contribution in [2.45, 2.75) is 32.5 Å². The van der Waals surface area contributed by atoms with E-state index in [9.17, 15) is 4.79 Å². The monoisotopic (exact) mass is 242 g/mol. The Hall–Kier alpha value is -0.810. The Kier molecular flexibility index (Phi) is 3.89. The van der Waals surface area contributed by atoms with Crippen molar-refractivity contribution in [2.24, 2.45) is 5.92 Å². The average Bonchev–Trinajstić information content (AvgIpc) is 2.78. The third-order valence-electron chi connectivity index (χ3n) is 3.71. The smallest absolute Gasteiger partial charge is 0.317 e. The molecule has 5 heteroatoms. The van der Waals surface area contributed by atoms with Crippen LogP contribution in [0, 0.1) is 5.92 Å². The quantitative estimate of drug-likeness (QED) is 0.791. The zero-order chi connectivity index (χ0) is 12.3. The second-order valence-corrected chi connectivity index (χ2v) is 4.81. The summed E-state index contributed by atoms with van der Waals surface area (Å²) in [6.45, 7) is 7.60. The van der Waals surface area contributed by atoms with Gasteiger partial charge in [0.25, 0.3) is 0 Å². The molecule has 0 spiro atoms. The lowest BCUT2D eigenvalue weighted by Gasteiger charge is -2.38. The summed E-state index contributed by atoms with van der Waals surface area (Å²) in [5.41, 5.74) is 0. The maximum absolute atomic E-state index is 11.7. The van der Waals surface area contributed by atoms with Crippen LogP contribution in [0.25, 0.3) is 0 Å². The molecule has 2 saturated heterocycles. The maximum atomic E-state index is 11.7. The molecule has 0 radical (unpaired) electrons. The topological polar surface area (TPSA) is 50.8 Å². The number of hydrogen-bond donors (Lipinski definition) is 1. The van der Waals surface area contributed by atoms with Gasteiger partial charge in [0.15, 0.2) is 5.79 Å². The number of carbonyl (C=O) groups excluding carboxylic acids is 1. The van der Waals surface area contributed by atoms with E-state index in [1.807, 2.05) is 18.7 Å². The van der Waals surface area contributed by atoms with Crippen molar-refractivity contribution in [3.63, 3.8) is 0 Å².